The van der Waals surface area contributed by atoms with E-state index in [1.807, 2.05) is 0 Å². The van der Waals surface area contributed by atoms with Crippen LogP contribution in [0.25, 0.3) is 0 Å². The molecule has 1 aliphatic rings. The van der Waals surface area contributed by atoms with Gasteiger partial charge in [0.05, 0.1) is 11.4 Å². The van der Waals surface area contributed by atoms with Gasteiger partial charge in [0.1, 0.15) is 17.6 Å². The van der Waals surface area contributed by atoms with Gasteiger partial charge in [0, 0.05) is 12.8 Å². The Kier molecular flexibility index (Phi) is 4.81. The van der Waals surface area contributed by atoms with Crippen molar-refractivity contribution in [1.82, 2.24) is 4.98 Å². The molecule has 1 unspecified atom stereocenters. The number of pyridine rings is 1. The molecule has 24 heavy (non-hydrogen) atoms. The van der Waals surface area contributed by atoms with Crippen molar-refractivity contribution >= 4 is 23.2 Å². The molecule has 1 aliphatic heterocycles. The number of rotatable bonds is 4. The average molecular weight is 329 g/mol. The maximum atomic E-state index is 13.5. The number of ether oxygens (including phenoxy) is 1. The fourth-order valence-electron chi connectivity index (χ4n) is 2.41. The normalized spacial score (nSPS) is 16.6. The first-order chi connectivity index (χ1) is 11.6. The van der Waals surface area contributed by atoms with Gasteiger partial charge in [-0.2, -0.15) is 0 Å². The van der Waals surface area contributed by atoms with Gasteiger partial charge < -0.3 is 15.4 Å². The maximum Gasteiger partial charge on any atom is 0.274 e. The van der Waals surface area contributed by atoms with Crippen LogP contribution in [0.2, 0.25) is 0 Å². The molecular formula is C17H16FN3O3. The van der Waals surface area contributed by atoms with Crippen LogP contribution in [-0.2, 0) is 9.53 Å². The number of halogens is 1. The zero-order valence-electron chi connectivity index (χ0n) is 12.8. The van der Waals surface area contributed by atoms with E-state index in [9.17, 15) is 14.0 Å². The van der Waals surface area contributed by atoms with Crippen LogP contribution < -0.4 is 10.6 Å². The lowest BCUT2D eigenvalue weighted by Gasteiger charge is -2.14. The van der Waals surface area contributed by atoms with E-state index in [1.165, 1.54) is 18.3 Å². The number of amides is 2. The second-order valence-corrected chi connectivity index (χ2v) is 5.35. The summed E-state index contributed by atoms with van der Waals surface area (Å²) in [6.45, 7) is 0.532. The number of aromatic nitrogens is 1. The van der Waals surface area contributed by atoms with Gasteiger partial charge in [0.25, 0.3) is 11.8 Å². The third kappa shape index (κ3) is 3.75. The first kappa shape index (κ1) is 16.1. The molecule has 2 heterocycles. The fourth-order valence-corrected chi connectivity index (χ4v) is 2.41. The minimum atomic E-state index is -0.549. The van der Waals surface area contributed by atoms with Crippen molar-refractivity contribution in [2.45, 2.75) is 18.9 Å². The van der Waals surface area contributed by atoms with E-state index in [2.05, 4.69) is 15.6 Å². The molecule has 7 heteroatoms. The molecule has 0 bridgehead atoms. The SMILES string of the molecule is O=C(Nc1ccc(F)cc1NC(=O)C1CCCO1)c1ccccn1. The van der Waals surface area contributed by atoms with E-state index in [4.69, 9.17) is 4.74 Å². The third-order valence-electron chi connectivity index (χ3n) is 3.61. The quantitative estimate of drug-likeness (QED) is 0.903. The van der Waals surface area contributed by atoms with Crippen LogP contribution in [0.3, 0.4) is 0 Å². The minimum Gasteiger partial charge on any atom is -0.368 e. The minimum absolute atomic E-state index is 0.180. The summed E-state index contributed by atoms with van der Waals surface area (Å²) >= 11 is 0. The molecule has 1 saturated heterocycles. The zero-order valence-corrected chi connectivity index (χ0v) is 12.8. The molecule has 0 radical (unpaired) electrons. The lowest BCUT2D eigenvalue weighted by atomic mass is 10.2. The van der Waals surface area contributed by atoms with Crippen LogP contribution in [0, 0.1) is 5.82 Å². The smallest absolute Gasteiger partial charge is 0.274 e. The molecule has 2 aromatic rings. The van der Waals surface area contributed by atoms with E-state index in [-0.39, 0.29) is 17.3 Å². The molecule has 6 nitrogen and oxygen atoms in total. The lowest BCUT2D eigenvalue weighted by Crippen LogP contribution is -2.27. The van der Waals surface area contributed by atoms with Crippen LogP contribution in [0.4, 0.5) is 15.8 Å². The summed E-state index contributed by atoms with van der Waals surface area (Å²) in [5.41, 5.74) is 0.691. The van der Waals surface area contributed by atoms with Crippen LogP contribution >= 0.6 is 0 Å². The highest BCUT2D eigenvalue weighted by Gasteiger charge is 2.24. The van der Waals surface area contributed by atoms with Gasteiger partial charge in [-0.1, -0.05) is 6.07 Å². The number of carbonyl (C=O) groups is 2. The largest absolute Gasteiger partial charge is 0.368 e. The number of hydrogen-bond acceptors (Lipinski definition) is 4. The van der Waals surface area contributed by atoms with E-state index < -0.39 is 17.8 Å². The van der Waals surface area contributed by atoms with E-state index in [1.54, 1.807) is 18.2 Å². The predicted molar refractivity (Wildman–Crippen MR) is 86.2 cm³/mol. The lowest BCUT2D eigenvalue weighted by molar-refractivity contribution is -0.124. The number of hydrogen-bond donors (Lipinski definition) is 2. The topological polar surface area (TPSA) is 80.3 Å². The summed E-state index contributed by atoms with van der Waals surface area (Å²) < 4.78 is 18.8. The van der Waals surface area contributed by atoms with Crippen molar-refractivity contribution in [1.29, 1.82) is 0 Å². The Morgan fingerprint density at radius 3 is 2.75 bits per heavy atom. The molecule has 3 rings (SSSR count). The van der Waals surface area contributed by atoms with Crippen LogP contribution in [0.15, 0.2) is 42.6 Å². The molecule has 1 fully saturated rings. The molecule has 1 aromatic heterocycles. The molecule has 2 amide bonds. The van der Waals surface area contributed by atoms with Gasteiger partial charge in [0.2, 0.25) is 0 Å². The van der Waals surface area contributed by atoms with E-state index in [0.717, 1.165) is 12.5 Å². The number of benzene rings is 1. The van der Waals surface area contributed by atoms with E-state index >= 15 is 0 Å². The zero-order chi connectivity index (χ0) is 16.9. The Labute approximate surface area is 138 Å². The Balaban J connectivity index is 1.77. The first-order valence-electron chi connectivity index (χ1n) is 7.58. The molecular weight excluding hydrogens is 313 g/mol. The summed E-state index contributed by atoms with van der Waals surface area (Å²) in [5.74, 6) is -1.32. The van der Waals surface area contributed by atoms with Gasteiger partial charge in [-0.3, -0.25) is 14.6 Å². The molecule has 1 atom stereocenters. The molecule has 0 aliphatic carbocycles. The second-order valence-electron chi connectivity index (χ2n) is 5.35. The van der Waals surface area contributed by atoms with Crippen molar-refractivity contribution < 1.29 is 18.7 Å². The van der Waals surface area contributed by atoms with Crippen molar-refractivity contribution in [3.8, 4) is 0 Å². The molecule has 0 saturated carbocycles. The monoisotopic (exact) mass is 329 g/mol. The Hall–Kier alpha value is -2.80. The van der Waals surface area contributed by atoms with Gasteiger partial charge in [-0.15, -0.1) is 0 Å². The highest BCUT2D eigenvalue weighted by Crippen LogP contribution is 2.25. The van der Waals surface area contributed by atoms with Crippen LogP contribution in [0.1, 0.15) is 23.3 Å². The van der Waals surface area contributed by atoms with Gasteiger partial charge in [0.15, 0.2) is 0 Å². The summed E-state index contributed by atoms with van der Waals surface area (Å²) in [6, 6.07) is 8.69. The van der Waals surface area contributed by atoms with Crippen molar-refractivity contribution in [2.75, 3.05) is 17.2 Å². The molecule has 124 valence electrons. The standard InChI is InChI=1S/C17H16FN3O3/c18-11-6-7-12(20-16(22)13-4-1-2-8-19-13)14(10-11)21-17(23)15-5-3-9-24-15/h1-2,4,6-8,10,15H,3,5,9H2,(H,20,22)(H,21,23). The first-order valence-corrected chi connectivity index (χ1v) is 7.58. The second kappa shape index (κ2) is 7.18. The highest BCUT2D eigenvalue weighted by molar-refractivity contribution is 6.06. The summed E-state index contributed by atoms with van der Waals surface area (Å²) in [6.07, 6.45) is 2.38. The van der Waals surface area contributed by atoms with Gasteiger partial charge in [-0.25, -0.2) is 4.39 Å². The fraction of sp³-hybridized carbons (Fsp3) is 0.235. The van der Waals surface area contributed by atoms with E-state index in [0.29, 0.717) is 18.7 Å². The van der Waals surface area contributed by atoms with Crippen molar-refractivity contribution in [3.05, 3.63) is 54.1 Å². The Morgan fingerprint density at radius 2 is 2.04 bits per heavy atom. The number of anilines is 2. The average Bonchev–Trinajstić information content (AvgIpc) is 3.13. The maximum absolute atomic E-state index is 13.5. The highest BCUT2D eigenvalue weighted by atomic mass is 19.1. The van der Waals surface area contributed by atoms with Gasteiger partial charge in [-0.05, 0) is 43.2 Å². The number of nitrogens with one attached hydrogen (secondary N) is 2. The number of nitrogens with zero attached hydrogens (tertiary/aromatic N) is 1. The Bertz CT molecular complexity index is 746. The third-order valence-corrected chi connectivity index (χ3v) is 3.61. The predicted octanol–water partition coefficient (Wildman–Crippen LogP) is 2.59. The molecule has 1 aromatic carbocycles. The Morgan fingerprint density at radius 1 is 1.17 bits per heavy atom. The van der Waals surface area contributed by atoms with Crippen LogP contribution in [0.5, 0.6) is 0 Å². The summed E-state index contributed by atoms with van der Waals surface area (Å²) in [5, 5.41) is 5.24. The summed E-state index contributed by atoms with van der Waals surface area (Å²) in [4.78, 5) is 28.3. The molecule has 0 spiro atoms. The van der Waals surface area contributed by atoms with Crippen LogP contribution in [-0.4, -0.2) is 29.5 Å². The van der Waals surface area contributed by atoms with Crippen molar-refractivity contribution in [3.63, 3.8) is 0 Å². The van der Waals surface area contributed by atoms with Crippen molar-refractivity contribution in [2.24, 2.45) is 0 Å². The summed E-state index contributed by atoms with van der Waals surface area (Å²) in [7, 11) is 0. The van der Waals surface area contributed by atoms with Gasteiger partial charge >= 0.3 is 0 Å². The molecule has 2 N–H and O–H groups in total. The number of carbonyl (C=O) groups excluding carboxylic acids is 2.